The molecule has 9 nitrogen and oxygen atoms in total. The van der Waals surface area contributed by atoms with Crippen molar-refractivity contribution >= 4 is 30.2 Å². The van der Waals surface area contributed by atoms with E-state index in [0.29, 0.717) is 36.0 Å². The van der Waals surface area contributed by atoms with Crippen LogP contribution < -0.4 is 10.1 Å². The second kappa shape index (κ2) is 8.96. The molecule has 0 aliphatic carbocycles. The monoisotopic (exact) mass is 456 g/mol. The van der Waals surface area contributed by atoms with Crippen LogP contribution in [0.5, 0.6) is 11.5 Å². The summed E-state index contributed by atoms with van der Waals surface area (Å²) in [5.74, 6) is 1.35. The van der Waals surface area contributed by atoms with Crippen LogP contribution in [-0.4, -0.2) is 43.1 Å². The summed E-state index contributed by atoms with van der Waals surface area (Å²) in [5.41, 5.74) is 1.72. The Hall–Kier alpha value is -3.46. The molecule has 3 aromatic rings. The number of aryl methyl sites for hydroxylation is 2. The lowest BCUT2D eigenvalue weighted by atomic mass is 9.92. The molecular formula is C22H25ClN6O3. The van der Waals surface area contributed by atoms with E-state index >= 15 is 0 Å². The number of ether oxygens (including phenoxy) is 1. The Labute approximate surface area is 192 Å². The highest BCUT2D eigenvalue weighted by atomic mass is 35.5. The lowest BCUT2D eigenvalue weighted by molar-refractivity contribution is -0.131. The number of carbonyl (C=O) groups excluding carboxylic acids is 2. The van der Waals surface area contributed by atoms with E-state index in [1.165, 1.54) is 4.90 Å². The third-order valence-electron chi connectivity index (χ3n) is 5.26. The third kappa shape index (κ3) is 4.72. The molecule has 1 N–H and O–H groups in total. The number of aromatic nitrogens is 4. The summed E-state index contributed by atoms with van der Waals surface area (Å²) >= 11 is 0. The lowest BCUT2D eigenvalue weighted by Crippen LogP contribution is -2.39. The molecule has 1 saturated heterocycles. The Morgan fingerprint density at radius 1 is 1.25 bits per heavy atom. The largest absolute Gasteiger partial charge is 0.455 e. The van der Waals surface area contributed by atoms with E-state index < -0.39 is 11.4 Å². The second-order valence-electron chi connectivity index (χ2n) is 8.18. The maximum Gasteiger partial charge on any atom is 0.329 e. The molecule has 32 heavy (non-hydrogen) atoms. The summed E-state index contributed by atoms with van der Waals surface area (Å²) in [6.45, 7) is 5.88. The van der Waals surface area contributed by atoms with Gasteiger partial charge in [-0.15, -0.1) is 12.4 Å². The van der Waals surface area contributed by atoms with Gasteiger partial charge in [0, 0.05) is 43.0 Å². The van der Waals surface area contributed by atoms with Crippen LogP contribution in [0.2, 0.25) is 0 Å². The predicted molar refractivity (Wildman–Crippen MR) is 122 cm³/mol. The summed E-state index contributed by atoms with van der Waals surface area (Å²) in [6.07, 6.45) is 5.93. The minimum Gasteiger partial charge on any atom is -0.455 e. The molecule has 1 aliphatic rings. The highest BCUT2D eigenvalue weighted by Gasteiger charge is 2.41. The van der Waals surface area contributed by atoms with Crippen LogP contribution in [0.4, 0.5) is 10.6 Å². The highest BCUT2D eigenvalue weighted by Crippen LogP contribution is 2.31. The van der Waals surface area contributed by atoms with Crippen molar-refractivity contribution in [3.05, 3.63) is 48.5 Å². The number of likely N-dealkylation sites (tertiary alicyclic amines) is 1. The molecule has 4 heterocycles. The van der Waals surface area contributed by atoms with Crippen LogP contribution >= 0.6 is 12.4 Å². The van der Waals surface area contributed by atoms with Gasteiger partial charge in [-0.05, 0) is 31.5 Å². The first-order chi connectivity index (χ1) is 14.7. The minimum atomic E-state index is -0.516. The highest BCUT2D eigenvalue weighted by molar-refractivity contribution is 6.03. The van der Waals surface area contributed by atoms with E-state index in [9.17, 15) is 9.59 Å². The SMILES string of the molecule is Cc1nc(NC(=O)N2CCC(C)(C)C2=O)ccc1Oc1ccnc(-c2cnn(C)c2)c1.Cl. The number of hydrogen-bond donors (Lipinski definition) is 1. The van der Waals surface area contributed by atoms with Crippen molar-refractivity contribution in [3.63, 3.8) is 0 Å². The zero-order chi connectivity index (χ0) is 22.2. The van der Waals surface area contributed by atoms with Gasteiger partial charge in [-0.2, -0.15) is 5.10 Å². The summed E-state index contributed by atoms with van der Waals surface area (Å²) in [5, 5.41) is 6.86. The van der Waals surface area contributed by atoms with E-state index in [4.69, 9.17) is 4.74 Å². The van der Waals surface area contributed by atoms with E-state index in [0.717, 1.165) is 11.3 Å². The predicted octanol–water partition coefficient (Wildman–Crippen LogP) is 4.19. The first-order valence-electron chi connectivity index (χ1n) is 9.96. The number of nitrogens with one attached hydrogen (secondary N) is 1. The van der Waals surface area contributed by atoms with Gasteiger partial charge in [0.25, 0.3) is 0 Å². The zero-order valence-corrected chi connectivity index (χ0v) is 19.1. The van der Waals surface area contributed by atoms with Gasteiger partial charge < -0.3 is 4.74 Å². The number of halogens is 1. The van der Waals surface area contributed by atoms with Crippen molar-refractivity contribution < 1.29 is 14.3 Å². The van der Waals surface area contributed by atoms with Crippen LogP contribution in [0, 0.1) is 12.3 Å². The lowest BCUT2D eigenvalue weighted by Gasteiger charge is -2.18. The van der Waals surface area contributed by atoms with Gasteiger partial charge in [0.1, 0.15) is 17.3 Å². The van der Waals surface area contributed by atoms with Crippen LogP contribution in [0.25, 0.3) is 11.3 Å². The van der Waals surface area contributed by atoms with Gasteiger partial charge in [0.05, 0.1) is 17.6 Å². The maximum atomic E-state index is 12.5. The molecule has 4 rings (SSSR count). The number of rotatable bonds is 4. The molecule has 0 radical (unpaired) electrons. The molecule has 1 aliphatic heterocycles. The van der Waals surface area contributed by atoms with E-state index in [2.05, 4.69) is 20.4 Å². The number of urea groups is 1. The molecule has 0 bridgehead atoms. The molecule has 168 valence electrons. The summed E-state index contributed by atoms with van der Waals surface area (Å²) < 4.78 is 7.69. The van der Waals surface area contributed by atoms with Crippen LogP contribution in [-0.2, 0) is 11.8 Å². The van der Waals surface area contributed by atoms with Crippen LogP contribution in [0.1, 0.15) is 26.0 Å². The van der Waals surface area contributed by atoms with E-state index in [-0.39, 0.29) is 18.3 Å². The van der Waals surface area contributed by atoms with E-state index in [1.807, 2.05) is 33.2 Å². The third-order valence-corrected chi connectivity index (χ3v) is 5.26. The number of anilines is 1. The smallest absolute Gasteiger partial charge is 0.329 e. The standard InChI is InChI=1S/C22H24N6O3.ClH/c1-14-18(31-16-7-9-23-17(11-16)15-12-24-27(4)13-15)5-6-19(25-14)26-21(30)28-10-8-22(2,3)20(28)29;/h5-7,9,11-13H,8,10H2,1-4H3,(H,25,26,30);1H. The average molecular weight is 457 g/mol. The van der Waals surface area contributed by atoms with Gasteiger partial charge in [-0.25, -0.2) is 9.78 Å². The minimum absolute atomic E-state index is 0. The van der Waals surface area contributed by atoms with Gasteiger partial charge >= 0.3 is 6.03 Å². The molecule has 3 aromatic heterocycles. The van der Waals surface area contributed by atoms with Crippen molar-refractivity contribution in [1.29, 1.82) is 0 Å². The van der Waals surface area contributed by atoms with Crippen molar-refractivity contribution in [1.82, 2.24) is 24.6 Å². The Balaban J connectivity index is 0.00000289. The van der Waals surface area contributed by atoms with Crippen molar-refractivity contribution in [2.75, 3.05) is 11.9 Å². The normalized spacial score (nSPS) is 14.8. The number of nitrogens with zero attached hydrogens (tertiary/aromatic N) is 5. The van der Waals surface area contributed by atoms with Gasteiger partial charge in [-0.1, -0.05) is 13.8 Å². The fourth-order valence-electron chi connectivity index (χ4n) is 3.37. The summed E-state index contributed by atoms with van der Waals surface area (Å²) in [4.78, 5) is 34.8. The maximum absolute atomic E-state index is 12.5. The first-order valence-corrected chi connectivity index (χ1v) is 9.96. The van der Waals surface area contributed by atoms with Gasteiger partial charge in [0.15, 0.2) is 0 Å². The number of carbonyl (C=O) groups is 2. The fourth-order valence-corrected chi connectivity index (χ4v) is 3.37. The molecule has 0 spiro atoms. The zero-order valence-electron chi connectivity index (χ0n) is 18.3. The van der Waals surface area contributed by atoms with Gasteiger partial charge in [0.2, 0.25) is 5.91 Å². The van der Waals surface area contributed by atoms with Gasteiger partial charge in [-0.3, -0.25) is 24.7 Å². The molecule has 1 fully saturated rings. The van der Waals surface area contributed by atoms with Crippen molar-refractivity contribution in [3.8, 4) is 22.8 Å². The first kappa shape index (κ1) is 23.2. The molecular weight excluding hydrogens is 432 g/mol. The number of hydrogen-bond acceptors (Lipinski definition) is 6. The Morgan fingerprint density at radius 3 is 2.66 bits per heavy atom. The van der Waals surface area contributed by atoms with Crippen molar-refractivity contribution in [2.45, 2.75) is 27.2 Å². The summed E-state index contributed by atoms with van der Waals surface area (Å²) in [7, 11) is 1.85. The Bertz CT molecular complexity index is 1160. The van der Waals surface area contributed by atoms with Crippen molar-refractivity contribution in [2.24, 2.45) is 12.5 Å². The number of imide groups is 1. The summed E-state index contributed by atoms with van der Waals surface area (Å²) in [6, 6.07) is 6.50. The fraction of sp³-hybridized carbons (Fsp3) is 0.318. The second-order valence-corrected chi connectivity index (χ2v) is 8.18. The quantitative estimate of drug-likeness (QED) is 0.631. The molecule has 10 heteroatoms. The van der Waals surface area contributed by atoms with Crippen LogP contribution in [0.3, 0.4) is 0 Å². The van der Waals surface area contributed by atoms with Crippen LogP contribution in [0.15, 0.2) is 42.9 Å². The average Bonchev–Trinajstić information content (AvgIpc) is 3.27. The molecule has 0 unspecified atom stereocenters. The van der Waals surface area contributed by atoms with E-state index in [1.54, 1.807) is 42.2 Å². The Morgan fingerprint density at radius 2 is 2.03 bits per heavy atom. The number of amides is 3. The number of pyridine rings is 2. The Kier molecular flexibility index (Phi) is 6.50. The molecule has 0 atom stereocenters. The molecule has 3 amide bonds. The topological polar surface area (TPSA) is 102 Å². The molecule has 0 aromatic carbocycles. The molecule has 0 saturated carbocycles.